The lowest BCUT2D eigenvalue weighted by Gasteiger charge is -2.45. The van der Waals surface area contributed by atoms with Gasteiger partial charge in [-0.15, -0.1) is 0 Å². The maximum Gasteiger partial charge on any atom is 0.256 e. The van der Waals surface area contributed by atoms with Gasteiger partial charge in [-0.2, -0.15) is 0 Å². The fraction of sp³-hybridized carbons (Fsp3) is 0.160. The highest BCUT2D eigenvalue weighted by Gasteiger charge is 2.47. The minimum absolute atomic E-state index is 0.0244. The molecule has 0 fully saturated rings. The molecule has 7 aromatic rings. The third kappa shape index (κ3) is 4.81. The second-order valence-electron chi connectivity index (χ2n) is 17.8. The molecule has 4 nitrogen and oxygen atoms in total. The van der Waals surface area contributed by atoms with E-state index in [-0.39, 0.29) is 24.3 Å². The van der Waals surface area contributed by atoms with Crippen molar-refractivity contribution in [1.29, 1.82) is 0 Å². The van der Waals surface area contributed by atoms with Crippen molar-refractivity contribution in [3.05, 3.63) is 157 Å². The maximum absolute atomic E-state index is 6.89. The summed E-state index contributed by atoms with van der Waals surface area (Å²) in [7, 11) is 0. The number of fused-ring (bicyclic) bond motifs is 8. The summed E-state index contributed by atoms with van der Waals surface area (Å²) in [6.45, 7) is 13.7. The zero-order valence-electron chi connectivity index (χ0n) is 32.7. The average Bonchev–Trinajstić information content (AvgIpc) is 3.19. The number of hydrogen-bond acceptors (Lipinski definition) is 4. The van der Waals surface area contributed by atoms with Crippen LogP contribution in [0.2, 0.25) is 0 Å². The third-order valence-corrected chi connectivity index (χ3v) is 12.2. The summed E-state index contributed by atoms with van der Waals surface area (Å²) in [6.07, 6.45) is 0. The molecule has 0 atom stereocenters. The number of benzene rings is 7. The summed E-state index contributed by atoms with van der Waals surface area (Å²) in [6, 6.07) is 53.4. The largest absolute Gasteiger partial charge is 0.458 e. The molecule has 0 saturated heterocycles. The number of para-hydroxylation sites is 4. The quantitative estimate of drug-likeness (QED) is 0.166. The Morgan fingerprint density at radius 3 is 1.18 bits per heavy atom. The Morgan fingerprint density at radius 1 is 0.375 bits per heavy atom. The summed E-state index contributed by atoms with van der Waals surface area (Å²) in [5, 5.41) is 0. The molecule has 4 aliphatic heterocycles. The summed E-state index contributed by atoms with van der Waals surface area (Å²) >= 11 is 0. The van der Waals surface area contributed by atoms with Crippen molar-refractivity contribution < 1.29 is 9.47 Å². The van der Waals surface area contributed by atoms with Gasteiger partial charge in [0.2, 0.25) is 0 Å². The van der Waals surface area contributed by atoms with Crippen LogP contribution in [0.5, 0.6) is 23.0 Å². The first-order valence-corrected chi connectivity index (χ1v) is 19.8. The predicted octanol–water partition coefficient (Wildman–Crippen LogP) is 9.09. The van der Waals surface area contributed by atoms with Crippen molar-refractivity contribution in [2.24, 2.45) is 0 Å². The summed E-state index contributed by atoms with van der Waals surface area (Å²) in [4.78, 5) is 4.98. The van der Waals surface area contributed by atoms with Crippen LogP contribution in [0.1, 0.15) is 52.7 Å². The topological polar surface area (TPSA) is 24.9 Å². The molecular weight excluding hydrogens is 682 g/mol. The lowest BCUT2D eigenvalue weighted by molar-refractivity contribution is 0.483. The Bertz CT molecular complexity index is 2560. The fourth-order valence-corrected chi connectivity index (χ4v) is 9.46. The van der Waals surface area contributed by atoms with Gasteiger partial charge in [-0.05, 0) is 121 Å². The highest BCUT2D eigenvalue weighted by molar-refractivity contribution is 7.02. The van der Waals surface area contributed by atoms with Crippen molar-refractivity contribution in [3.63, 3.8) is 0 Å². The van der Waals surface area contributed by atoms with Crippen LogP contribution < -0.4 is 52.1 Å². The normalized spacial score (nSPS) is 14.4. The van der Waals surface area contributed by atoms with Crippen LogP contribution in [0.4, 0.5) is 34.1 Å². The molecule has 0 saturated carbocycles. The van der Waals surface area contributed by atoms with Gasteiger partial charge in [-0.1, -0.05) is 120 Å². The Kier molecular flexibility index (Phi) is 6.94. The van der Waals surface area contributed by atoms with Crippen molar-refractivity contribution in [1.82, 2.24) is 0 Å². The van der Waals surface area contributed by atoms with Crippen LogP contribution in [0.25, 0.3) is 0 Å². The summed E-state index contributed by atoms with van der Waals surface area (Å²) in [5.41, 5.74) is 16.6. The molecule has 6 heteroatoms. The number of nitrogens with zero attached hydrogens (tertiary/aromatic N) is 2. The molecule has 4 heterocycles. The van der Waals surface area contributed by atoms with Crippen LogP contribution in [0, 0.1) is 0 Å². The van der Waals surface area contributed by atoms with Crippen molar-refractivity contribution >= 4 is 80.3 Å². The standard InChI is InChI=1S/C50H42B2N2O2/c1-49(2,3)31-25-41-47-45(27-31)55-43-23-15-13-21-35(43)51(47)37-29-38-40(30-39(37)53(41)33-17-9-7-10-18-33)54(34-19-11-8-12-20-34)42-26-32(50(4,5)6)28-46-48(42)52(38)36-22-14-16-24-44(36)56-46/h7-30H,1-6H3. The van der Waals surface area contributed by atoms with Crippen LogP contribution in [0.15, 0.2) is 146 Å². The molecule has 56 heavy (non-hydrogen) atoms. The number of anilines is 6. The summed E-state index contributed by atoms with van der Waals surface area (Å²) < 4.78 is 13.8. The molecule has 270 valence electrons. The molecule has 0 aromatic heterocycles. The number of ether oxygens (including phenoxy) is 2. The zero-order valence-corrected chi connectivity index (χ0v) is 32.7. The second kappa shape index (κ2) is 11.7. The van der Waals surface area contributed by atoms with E-state index in [0.29, 0.717) is 0 Å². The molecule has 0 amide bonds. The van der Waals surface area contributed by atoms with Gasteiger partial charge in [0.15, 0.2) is 0 Å². The molecular formula is C50H42B2N2O2. The smallest absolute Gasteiger partial charge is 0.256 e. The molecule has 0 aliphatic carbocycles. The van der Waals surface area contributed by atoms with Gasteiger partial charge >= 0.3 is 0 Å². The first kappa shape index (κ1) is 33.2. The molecule has 0 N–H and O–H groups in total. The predicted molar refractivity (Wildman–Crippen MR) is 236 cm³/mol. The van der Waals surface area contributed by atoms with Gasteiger partial charge in [-0.25, -0.2) is 0 Å². The highest BCUT2D eigenvalue weighted by atomic mass is 16.5. The van der Waals surface area contributed by atoms with Gasteiger partial charge in [0.1, 0.15) is 23.0 Å². The van der Waals surface area contributed by atoms with E-state index in [1.807, 2.05) is 0 Å². The SMILES string of the molecule is CC(C)(C)c1cc2c3c(c1)N(c1ccccc1)c1cc4c(cc1B3c1ccccc1O2)B1c2ccccc2Oc2cc(C(C)(C)C)cc(c21)N4c1ccccc1. The van der Waals surface area contributed by atoms with Crippen LogP contribution >= 0.6 is 0 Å². The van der Waals surface area contributed by atoms with Crippen molar-refractivity contribution in [3.8, 4) is 23.0 Å². The molecule has 4 aliphatic rings. The first-order chi connectivity index (χ1) is 27.0. The van der Waals surface area contributed by atoms with Crippen LogP contribution in [0.3, 0.4) is 0 Å². The van der Waals surface area contributed by atoms with E-state index in [1.54, 1.807) is 0 Å². The Morgan fingerprint density at radius 2 is 0.768 bits per heavy atom. The van der Waals surface area contributed by atoms with E-state index in [2.05, 4.69) is 197 Å². The molecule has 7 aromatic carbocycles. The van der Waals surface area contributed by atoms with Gasteiger partial charge in [0, 0.05) is 34.1 Å². The van der Waals surface area contributed by atoms with E-state index >= 15 is 0 Å². The van der Waals surface area contributed by atoms with Gasteiger partial charge in [-0.3, -0.25) is 0 Å². The van der Waals surface area contributed by atoms with Crippen LogP contribution in [-0.4, -0.2) is 13.4 Å². The Balaban J connectivity index is 1.28. The minimum Gasteiger partial charge on any atom is -0.458 e. The fourth-order valence-electron chi connectivity index (χ4n) is 9.46. The highest BCUT2D eigenvalue weighted by Crippen LogP contribution is 2.47. The third-order valence-electron chi connectivity index (χ3n) is 12.2. The molecule has 0 radical (unpaired) electrons. The first-order valence-electron chi connectivity index (χ1n) is 19.8. The monoisotopic (exact) mass is 724 g/mol. The lowest BCUT2D eigenvalue weighted by Crippen LogP contribution is -2.63. The van der Waals surface area contributed by atoms with Crippen molar-refractivity contribution in [2.75, 3.05) is 9.80 Å². The lowest BCUT2D eigenvalue weighted by atomic mass is 9.30. The van der Waals surface area contributed by atoms with E-state index in [1.165, 1.54) is 66.7 Å². The maximum atomic E-state index is 6.89. The van der Waals surface area contributed by atoms with E-state index in [4.69, 9.17) is 9.47 Å². The molecule has 0 spiro atoms. The van der Waals surface area contributed by atoms with E-state index < -0.39 is 0 Å². The van der Waals surface area contributed by atoms with Gasteiger partial charge in [0.05, 0.1) is 0 Å². The minimum atomic E-state index is -0.0907. The molecule has 0 unspecified atom stereocenters. The second-order valence-corrected chi connectivity index (χ2v) is 17.8. The average molecular weight is 725 g/mol. The van der Waals surface area contributed by atoms with Crippen molar-refractivity contribution in [2.45, 2.75) is 52.4 Å². The van der Waals surface area contributed by atoms with E-state index in [0.717, 1.165) is 34.4 Å². The van der Waals surface area contributed by atoms with Crippen LogP contribution in [-0.2, 0) is 10.8 Å². The van der Waals surface area contributed by atoms with Gasteiger partial charge < -0.3 is 19.3 Å². The zero-order chi connectivity index (χ0) is 38.1. The van der Waals surface area contributed by atoms with E-state index in [9.17, 15) is 0 Å². The molecule has 11 rings (SSSR count). The number of rotatable bonds is 2. The molecule has 0 bridgehead atoms. The van der Waals surface area contributed by atoms with Gasteiger partial charge in [0.25, 0.3) is 13.4 Å². The summed E-state index contributed by atoms with van der Waals surface area (Å²) in [5.74, 6) is 3.71. The Labute approximate surface area is 330 Å². The Hall–Kier alpha value is -6.13. The number of hydrogen-bond donors (Lipinski definition) is 0.